The van der Waals surface area contributed by atoms with Gasteiger partial charge in [-0.2, -0.15) is 0 Å². The summed E-state index contributed by atoms with van der Waals surface area (Å²) in [6.07, 6.45) is 1.44. The number of nitrogens with one attached hydrogen (secondary N) is 2. The predicted octanol–water partition coefficient (Wildman–Crippen LogP) is 3.81. The van der Waals surface area contributed by atoms with E-state index in [-0.39, 0.29) is 12.5 Å². The first-order valence-corrected chi connectivity index (χ1v) is 8.33. The molecular weight excluding hydrogens is 349 g/mol. The molecule has 0 radical (unpaired) electrons. The molecule has 0 bridgehead atoms. The first-order valence-electron chi connectivity index (χ1n) is 8.33. The summed E-state index contributed by atoms with van der Waals surface area (Å²) in [4.78, 5) is 16.4. The molecule has 0 fully saturated rings. The fraction of sp³-hybridized carbons (Fsp3) is 0.100. The van der Waals surface area contributed by atoms with Gasteiger partial charge in [-0.1, -0.05) is 18.2 Å². The molecule has 27 heavy (non-hydrogen) atoms. The van der Waals surface area contributed by atoms with Crippen LogP contribution in [0, 0.1) is 5.82 Å². The van der Waals surface area contributed by atoms with Gasteiger partial charge in [0.2, 0.25) is 6.79 Å². The van der Waals surface area contributed by atoms with Crippen LogP contribution in [0.1, 0.15) is 15.9 Å². The van der Waals surface area contributed by atoms with Gasteiger partial charge in [-0.3, -0.25) is 4.79 Å². The van der Waals surface area contributed by atoms with Crippen molar-refractivity contribution in [3.63, 3.8) is 0 Å². The van der Waals surface area contributed by atoms with E-state index in [9.17, 15) is 9.18 Å². The molecule has 1 aromatic heterocycles. The number of pyridine rings is 1. The summed E-state index contributed by atoms with van der Waals surface area (Å²) in [7, 11) is 0. The van der Waals surface area contributed by atoms with E-state index in [1.165, 1.54) is 18.3 Å². The molecule has 2 aromatic carbocycles. The van der Waals surface area contributed by atoms with Crippen molar-refractivity contribution in [2.24, 2.45) is 0 Å². The summed E-state index contributed by atoms with van der Waals surface area (Å²) >= 11 is 0. The number of nitrogens with zero attached hydrogens (tertiary/aromatic N) is 1. The van der Waals surface area contributed by atoms with Crippen LogP contribution in [0.2, 0.25) is 0 Å². The van der Waals surface area contributed by atoms with Crippen molar-refractivity contribution < 1.29 is 18.7 Å². The van der Waals surface area contributed by atoms with Gasteiger partial charge in [-0.05, 0) is 42.0 Å². The third-order valence-electron chi connectivity index (χ3n) is 4.06. The molecule has 0 unspecified atom stereocenters. The van der Waals surface area contributed by atoms with Crippen molar-refractivity contribution in [3.05, 3.63) is 77.7 Å². The topological polar surface area (TPSA) is 72.5 Å². The monoisotopic (exact) mass is 365 g/mol. The number of benzene rings is 2. The second kappa shape index (κ2) is 7.33. The third-order valence-corrected chi connectivity index (χ3v) is 4.06. The Hall–Kier alpha value is -3.61. The van der Waals surface area contributed by atoms with Crippen LogP contribution in [0.5, 0.6) is 11.5 Å². The first-order chi connectivity index (χ1) is 13.2. The lowest BCUT2D eigenvalue weighted by Gasteiger charge is -2.08. The lowest BCUT2D eigenvalue weighted by Crippen LogP contribution is -2.13. The second-order valence-electron chi connectivity index (χ2n) is 5.91. The number of para-hydroxylation sites is 1. The van der Waals surface area contributed by atoms with E-state index in [2.05, 4.69) is 15.6 Å². The maximum atomic E-state index is 13.6. The number of amides is 1. The van der Waals surface area contributed by atoms with Crippen LogP contribution in [-0.2, 0) is 6.54 Å². The van der Waals surface area contributed by atoms with Crippen LogP contribution in [0.15, 0.2) is 60.8 Å². The van der Waals surface area contributed by atoms with Gasteiger partial charge in [-0.25, -0.2) is 9.37 Å². The molecule has 1 amide bonds. The van der Waals surface area contributed by atoms with Crippen LogP contribution >= 0.6 is 0 Å². The van der Waals surface area contributed by atoms with Crippen molar-refractivity contribution >= 4 is 17.4 Å². The fourth-order valence-corrected chi connectivity index (χ4v) is 2.63. The van der Waals surface area contributed by atoms with E-state index >= 15 is 0 Å². The summed E-state index contributed by atoms with van der Waals surface area (Å²) in [5, 5.41) is 5.71. The van der Waals surface area contributed by atoms with E-state index in [0.717, 1.165) is 17.1 Å². The number of hydrogen-bond acceptors (Lipinski definition) is 5. The number of rotatable bonds is 5. The van der Waals surface area contributed by atoms with E-state index < -0.39 is 11.7 Å². The quantitative estimate of drug-likeness (QED) is 0.719. The van der Waals surface area contributed by atoms with E-state index in [1.807, 2.05) is 18.2 Å². The summed E-state index contributed by atoms with van der Waals surface area (Å²) < 4.78 is 24.3. The summed E-state index contributed by atoms with van der Waals surface area (Å²) in [6, 6.07) is 15.0. The van der Waals surface area contributed by atoms with Crippen molar-refractivity contribution in [3.8, 4) is 11.5 Å². The Bertz CT molecular complexity index is 976. The molecule has 1 aliphatic heterocycles. The average Bonchev–Trinajstić information content (AvgIpc) is 3.16. The van der Waals surface area contributed by atoms with Gasteiger partial charge in [0.25, 0.3) is 5.91 Å². The second-order valence-corrected chi connectivity index (χ2v) is 5.91. The zero-order valence-corrected chi connectivity index (χ0v) is 14.2. The van der Waals surface area contributed by atoms with Crippen LogP contribution < -0.4 is 20.1 Å². The van der Waals surface area contributed by atoms with Crippen LogP contribution in [0.3, 0.4) is 0 Å². The number of anilines is 2. The Morgan fingerprint density at radius 1 is 1.07 bits per heavy atom. The molecule has 0 spiro atoms. The van der Waals surface area contributed by atoms with Crippen molar-refractivity contribution in [1.29, 1.82) is 0 Å². The fourth-order valence-electron chi connectivity index (χ4n) is 2.63. The summed E-state index contributed by atoms with van der Waals surface area (Å²) in [5.74, 6) is 1.18. The molecule has 0 saturated heterocycles. The zero-order chi connectivity index (χ0) is 18.6. The Kier molecular flexibility index (Phi) is 4.57. The van der Waals surface area contributed by atoms with Gasteiger partial charge >= 0.3 is 0 Å². The largest absolute Gasteiger partial charge is 0.454 e. The first kappa shape index (κ1) is 16.8. The Morgan fingerprint density at radius 3 is 2.74 bits per heavy atom. The standard InChI is InChI=1S/C20H16FN3O3/c21-15-3-1-2-4-16(15)24-20(25)14-6-8-19(23-11-14)22-10-13-5-7-17-18(9-13)27-12-26-17/h1-9,11H,10,12H2,(H,22,23)(H,24,25). The van der Waals surface area contributed by atoms with E-state index in [0.29, 0.717) is 17.9 Å². The van der Waals surface area contributed by atoms with E-state index in [1.54, 1.807) is 24.3 Å². The summed E-state index contributed by atoms with van der Waals surface area (Å²) in [6.45, 7) is 0.786. The highest BCUT2D eigenvalue weighted by atomic mass is 19.1. The highest BCUT2D eigenvalue weighted by Gasteiger charge is 2.13. The van der Waals surface area contributed by atoms with Gasteiger partial charge < -0.3 is 20.1 Å². The Balaban J connectivity index is 1.37. The number of carbonyl (C=O) groups is 1. The Morgan fingerprint density at radius 2 is 1.93 bits per heavy atom. The molecule has 4 rings (SSSR count). The van der Waals surface area contributed by atoms with Gasteiger partial charge in [0, 0.05) is 12.7 Å². The maximum Gasteiger partial charge on any atom is 0.257 e. The number of fused-ring (bicyclic) bond motifs is 1. The van der Waals surface area contributed by atoms with Gasteiger partial charge in [0.1, 0.15) is 11.6 Å². The number of hydrogen-bond donors (Lipinski definition) is 2. The molecule has 6 nitrogen and oxygen atoms in total. The van der Waals surface area contributed by atoms with E-state index in [4.69, 9.17) is 9.47 Å². The highest BCUT2D eigenvalue weighted by molar-refractivity contribution is 6.04. The van der Waals surface area contributed by atoms with Crippen LogP contribution in [0.4, 0.5) is 15.9 Å². The number of aromatic nitrogens is 1. The van der Waals surface area contributed by atoms with Gasteiger partial charge in [0.05, 0.1) is 11.3 Å². The molecular formula is C20H16FN3O3. The van der Waals surface area contributed by atoms with Gasteiger partial charge in [0.15, 0.2) is 11.5 Å². The van der Waals surface area contributed by atoms with Gasteiger partial charge in [-0.15, -0.1) is 0 Å². The van der Waals surface area contributed by atoms with Crippen molar-refractivity contribution in [2.75, 3.05) is 17.4 Å². The van der Waals surface area contributed by atoms with Crippen LogP contribution in [-0.4, -0.2) is 17.7 Å². The third kappa shape index (κ3) is 3.82. The molecule has 136 valence electrons. The molecule has 0 aliphatic carbocycles. The molecule has 1 aliphatic rings. The predicted molar refractivity (Wildman–Crippen MR) is 98.5 cm³/mol. The molecule has 0 atom stereocenters. The SMILES string of the molecule is O=C(Nc1ccccc1F)c1ccc(NCc2ccc3c(c2)OCO3)nc1. The van der Waals surface area contributed by atoms with Crippen molar-refractivity contribution in [1.82, 2.24) is 4.98 Å². The highest BCUT2D eigenvalue weighted by Crippen LogP contribution is 2.32. The molecule has 2 heterocycles. The lowest BCUT2D eigenvalue weighted by molar-refractivity contribution is 0.102. The lowest BCUT2D eigenvalue weighted by atomic mass is 10.2. The molecule has 2 N–H and O–H groups in total. The normalized spacial score (nSPS) is 11.9. The molecule has 3 aromatic rings. The molecule has 0 saturated carbocycles. The van der Waals surface area contributed by atoms with Crippen LogP contribution in [0.25, 0.3) is 0 Å². The summed E-state index contributed by atoms with van der Waals surface area (Å²) in [5.41, 5.74) is 1.49. The average molecular weight is 365 g/mol. The minimum atomic E-state index is -0.485. The smallest absolute Gasteiger partial charge is 0.257 e. The Labute approximate surface area is 155 Å². The number of carbonyl (C=O) groups excluding carboxylic acids is 1. The molecule has 7 heteroatoms. The zero-order valence-electron chi connectivity index (χ0n) is 14.2. The van der Waals surface area contributed by atoms with Crippen molar-refractivity contribution in [2.45, 2.75) is 6.54 Å². The minimum absolute atomic E-state index is 0.132. The minimum Gasteiger partial charge on any atom is -0.454 e. The number of ether oxygens (including phenoxy) is 2. The maximum absolute atomic E-state index is 13.6. The number of halogens is 1.